The smallest absolute Gasteiger partial charge is 0.273 e. The van der Waals surface area contributed by atoms with Crippen LogP contribution in [0.2, 0.25) is 0 Å². The molecule has 0 aliphatic heterocycles. The second-order valence-electron chi connectivity index (χ2n) is 8.91. The number of pyridine rings is 3. The average Bonchev–Trinajstić information content (AvgIpc) is 3.00. The van der Waals surface area contributed by atoms with Gasteiger partial charge in [-0.15, -0.1) is 0 Å². The second kappa shape index (κ2) is 12.0. The van der Waals surface area contributed by atoms with Gasteiger partial charge in [-0.2, -0.15) is 5.26 Å². The molecule has 0 bridgehead atoms. The van der Waals surface area contributed by atoms with E-state index in [9.17, 15) is 9.18 Å². The molecule has 0 unspecified atom stereocenters. The van der Waals surface area contributed by atoms with E-state index in [0.29, 0.717) is 39.9 Å². The molecule has 1 amide bonds. The SMILES string of the molecule is COc1ccc(-c2ccc(CNC(=O)c3ncc(-c4nc(C)cc(Nc5cccc(C#N)c5)n4)cc3F)cn2)cn1. The quantitative estimate of drug-likeness (QED) is 0.275. The first-order valence-corrected chi connectivity index (χ1v) is 12.4. The molecule has 202 valence electrons. The summed E-state index contributed by atoms with van der Waals surface area (Å²) in [6, 6.07) is 19.2. The van der Waals surface area contributed by atoms with Gasteiger partial charge in [0, 0.05) is 59.8 Å². The summed E-state index contributed by atoms with van der Waals surface area (Å²) in [6.45, 7) is 1.92. The van der Waals surface area contributed by atoms with Crippen LogP contribution < -0.4 is 15.4 Å². The van der Waals surface area contributed by atoms with E-state index in [-0.39, 0.29) is 18.1 Å². The Bertz CT molecular complexity index is 1750. The average molecular weight is 547 g/mol. The van der Waals surface area contributed by atoms with Crippen LogP contribution in [0.5, 0.6) is 5.88 Å². The molecule has 0 atom stereocenters. The number of carbonyl (C=O) groups is 1. The van der Waals surface area contributed by atoms with Crippen molar-refractivity contribution < 1.29 is 13.9 Å². The Hall–Kier alpha value is -5.76. The monoisotopic (exact) mass is 546 g/mol. The van der Waals surface area contributed by atoms with E-state index in [0.717, 1.165) is 11.1 Å². The lowest BCUT2D eigenvalue weighted by atomic mass is 10.1. The predicted octanol–water partition coefficient (Wildman–Crippen LogP) is 5.00. The van der Waals surface area contributed by atoms with Crippen molar-refractivity contribution in [3.05, 3.63) is 108 Å². The van der Waals surface area contributed by atoms with Crippen LogP contribution in [0, 0.1) is 24.1 Å². The van der Waals surface area contributed by atoms with Crippen LogP contribution in [-0.2, 0) is 6.54 Å². The summed E-state index contributed by atoms with van der Waals surface area (Å²) in [5.41, 5.74) is 4.04. The van der Waals surface area contributed by atoms with Crippen molar-refractivity contribution in [3.63, 3.8) is 0 Å². The number of nitriles is 1. The second-order valence-corrected chi connectivity index (χ2v) is 8.91. The first-order chi connectivity index (χ1) is 19.9. The van der Waals surface area contributed by atoms with Gasteiger partial charge < -0.3 is 15.4 Å². The van der Waals surface area contributed by atoms with Gasteiger partial charge >= 0.3 is 0 Å². The first kappa shape index (κ1) is 26.8. The number of methoxy groups -OCH3 is 1. The summed E-state index contributed by atoms with van der Waals surface area (Å²) < 4.78 is 20.1. The highest BCUT2D eigenvalue weighted by atomic mass is 19.1. The van der Waals surface area contributed by atoms with E-state index in [1.54, 1.807) is 62.8 Å². The molecule has 4 aromatic heterocycles. The highest BCUT2D eigenvalue weighted by molar-refractivity contribution is 5.92. The summed E-state index contributed by atoms with van der Waals surface area (Å²) in [5, 5.41) is 14.9. The zero-order valence-corrected chi connectivity index (χ0v) is 22.1. The van der Waals surface area contributed by atoms with Crippen LogP contribution in [0.3, 0.4) is 0 Å². The van der Waals surface area contributed by atoms with Crippen LogP contribution in [0.1, 0.15) is 27.3 Å². The van der Waals surface area contributed by atoms with Crippen molar-refractivity contribution in [2.24, 2.45) is 0 Å². The van der Waals surface area contributed by atoms with Crippen molar-refractivity contribution in [1.29, 1.82) is 5.26 Å². The number of hydrogen-bond acceptors (Lipinski definition) is 9. The largest absolute Gasteiger partial charge is 0.481 e. The number of rotatable bonds is 8. The number of halogens is 1. The number of nitrogens with one attached hydrogen (secondary N) is 2. The molecule has 4 heterocycles. The van der Waals surface area contributed by atoms with Gasteiger partial charge in [0.05, 0.1) is 24.4 Å². The summed E-state index contributed by atoms with van der Waals surface area (Å²) >= 11 is 0. The van der Waals surface area contributed by atoms with Gasteiger partial charge in [-0.25, -0.2) is 24.3 Å². The molecular formula is C30H23FN8O2. The van der Waals surface area contributed by atoms with Gasteiger partial charge in [0.2, 0.25) is 5.88 Å². The molecule has 0 spiro atoms. The number of nitrogens with zero attached hydrogens (tertiary/aromatic N) is 6. The summed E-state index contributed by atoms with van der Waals surface area (Å²) in [4.78, 5) is 34.1. The highest BCUT2D eigenvalue weighted by Crippen LogP contribution is 2.23. The fourth-order valence-electron chi connectivity index (χ4n) is 3.92. The molecule has 2 N–H and O–H groups in total. The summed E-state index contributed by atoms with van der Waals surface area (Å²) in [7, 11) is 1.55. The number of aryl methyl sites for hydroxylation is 1. The zero-order valence-electron chi connectivity index (χ0n) is 22.1. The number of aromatic nitrogens is 5. The Labute approximate surface area is 235 Å². The minimum atomic E-state index is -0.804. The Morgan fingerprint density at radius 2 is 1.83 bits per heavy atom. The highest BCUT2D eigenvalue weighted by Gasteiger charge is 2.16. The number of hydrogen-bond donors (Lipinski definition) is 2. The number of anilines is 2. The molecular weight excluding hydrogens is 523 g/mol. The topological polar surface area (TPSA) is 139 Å². The minimum Gasteiger partial charge on any atom is -0.481 e. The number of ether oxygens (including phenoxy) is 1. The normalized spacial score (nSPS) is 10.5. The van der Waals surface area contributed by atoms with Gasteiger partial charge in [-0.3, -0.25) is 9.78 Å². The fraction of sp³-hybridized carbons (Fsp3) is 0.100. The van der Waals surface area contributed by atoms with E-state index < -0.39 is 11.7 Å². The maximum absolute atomic E-state index is 15.0. The third-order valence-corrected chi connectivity index (χ3v) is 5.95. The molecule has 0 aliphatic carbocycles. The van der Waals surface area contributed by atoms with Crippen LogP contribution in [0.15, 0.2) is 79.3 Å². The minimum absolute atomic E-state index is 0.138. The van der Waals surface area contributed by atoms with Gasteiger partial charge in [-0.05, 0) is 48.9 Å². The lowest BCUT2D eigenvalue weighted by molar-refractivity contribution is 0.0941. The van der Waals surface area contributed by atoms with Crippen molar-refractivity contribution >= 4 is 17.4 Å². The van der Waals surface area contributed by atoms with Crippen LogP contribution >= 0.6 is 0 Å². The van der Waals surface area contributed by atoms with E-state index in [1.165, 1.54) is 12.3 Å². The molecule has 41 heavy (non-hydrogen) atoms. The van der Waals surface area contributed by atoms with Crippen LogP contribution in [0.4, 0.5) is 15.9 Å². The van der Waals surface area contributed by atoms with Gasteiger partial charge in [-0.1, -0.05) is 12.1 Å². The van der Waals surface area contributed by atoms with E-state index >= 15 is 0 Å². The van der Waals surface area contributed by atoms with E-state index in [2.05, 4.69) is 41.6 Å². The molecule has 0 saturated carbocycles. The Balaban J connectivity index is 1.25. The van der Waals surface area contributed by atoms with Gasteiger partial charge in [0.25, 0.3) is 5.91 Å². The molecule has 1 aromatic carbocycles. The van der Waals surface area contributed by atoms with Gasteiger partial charge in [0.1, 0.15) is 5.82 Å². The lowest BCUT2D eigenvalue weighted by Crippen LogP contribution is -2.25. The molecule has 10 nitrogen and oxygen atoms in total. The van der Waals surface area contributed by atoms with Crippen LogP contribution in [-0.4, -0.2) is 37.9 Å². The molecule has 11 heteroatoms. The third-order valence-electron chi connectivity index (χ3n) is 5.95. The summed E-state index contributed by atoms with van der Waals surface area (Å²) in [6.07, 6.45) is 4.64. The first-order valence-electron chi connectivity index (χ1n) is 12.4. The maximum atomic E-state index is 15.0. The standard InChI is InChI=1S/C30H23FN8O2/c1-18-10-26(38-23-5-3-4-19(11-23)13-32)39-29(37-18)22-12-24(31)28(35-17-22)30(40)36-15-20-6-8-25(33-14-20)21-7-9-27(41-2)34-16-21/h3-12,14,16-17H,15H2,1-2H3,(H,36,40)(H,37,38,39). The van der Waals surface area contributed by atoms with E-state index in [1.807, 2.05) is 18.2 Å². The molecule has 5 aromatic rings. The number of amides is 1. The van der Waals surface area contributed by atoms with Crippen molar-refractivity contribution in [2.75, 3.05) is 12.4 Å². The molecule has 5 rings (SSSR count). The van der Waals surface area contributed by atoms with E-state index in [4.69, 9.17) is 10.00 Å². The lowest BCUT2D eigenvalue weighted by Gasteiger charge is -2.10. The molecule has 0 radical (unpaired) electrons. The Morgan fingerprint density at radius 3 is 2.54 bits per heavy atom. The van der Waals surface area contributed by atoms with Crippen molar-refractivity contribution in [1.82, 2.24) is 30.2 Å². The predicted molar refractivity (Wildman–Crippen MR) is 150 cm³/mol. The fourth-order valence-corrected chi connectivity index (χ4v) is 3.92. The number of benzene rings is 1. The zero-order chi connectivity index (χ0) is 28.8. The third kappa shape index (κ3) is 6.46. The van der Waals surface area contributed by atoms with Crippen molar-refractivity contribution in [3.8, 4) is 34.6 Å². The van der Waals surface area contributed by atoms with Crippen LogP contribution in [0.25, 0.3) is 22.6 Å². The Morgan fingerprint density at radius 1 is 0.976 bits per heavy atom. The van der Waals surface area contributed by atoms with Crippen molar-refractivity contribution in [2.45, 2.75) is 13.5 Å². The Kier molecular flexibility index (Phi) is 7.83. The molecule has 0 saturated heterocycles. The van der Waals surface area contributed by atoms with Gasteiger partial charge in [0.15, 0.2) is 17.3 Å². The summed E-state index contributed by atoms with van der Waals surface area (Å²) in [5.74, 6) is -0.258. The maximum Gasteiger partial charge on any atom is 0.273 e. The number of carbonyl (C=O) groups excluding carboxylic acids is 1. The molecule has 0 fully saturated rings. The molecule has 0 aliphatic rings.